The average molecular weight is 266 g/mol. The van der Waals surface area contributed by atoms with Crippen LogP contribution in [0.1, 0.15) is 24.5 Å². The van der Waals surface area contributed by atoms with Crippen molar-refractivity contribution < 1.29 is 0 Å². The second kappa shape index (κ2) is 5.51. The van der Waals surface area contributed by atoms with Crippen LogP contribution in [-0.2, 0) is 6.42 Å². The van der Waals surface area contributed by atoms with Crippen molar-refractivity contribution in [3.8, 4) is 0 Å². The Labute approximate surface area is 106 Å². The third-order valence-corrected chi connectivity index (χ3v) is 4.96. The first-order chi connectivity index (χ1) is 7.04. The number of nitrogens with zero attached hydrogens (tertiary/aromatic N) is 1. The number of thiazole rings is 1. The van der Waals surface area contributed by atoms with Crippen LogP contribution in [0.5, 0.6) is 0 Å². The maximum absolute atomic E-state index is 6.07. The monoisotopic (exact) mass is 265 g/mol. The molecule has 1 aromatic rings. The fourth-order valence-electron chi connectivity index (χ4n) is 1.43. The number of hydrogen-bond donors (Lipinski definition) is 0. The molecule has 0 fully saturated rings. The van der Waals surface area contributed by atoms with Gasteiger partial charge in [-0.1, -0.05) is 13.8 Å². The highest BCUT2D eigenvalue weighted by molar-refractivity contribution is 7.09. The van der Waals surface area contributed by atoms with E-state index < -0.39 is 0 Å². The van der Waals surface area contributed by atoms with Crippen LogP contribution in [0.3, 0.4) is 0 Å². The Morgan fingerprint density at radius 1 is 1.40 bits per heavy atom. The first-order valence-corrected chi connectivity index (χ1v) is 7.02. The van der Waals surface area contributed by atoms with Gasteiger partial charge in [-0.2, -0.15) is 0 Å². The first-order valence-electron chi connectivity index (χ1n) is 5.07. The average Bonchev–Trinajstić information content (AvgIpc) is 2.60. The van der Waals surface area contributed by atoms with Gasteiger partial charge in [0.1, 0.15) is 0 Å². The van der Waals surface area contributed by atoms with Crippen LogP contribution in [0, 0.1) is 18.3 Å². The quantitative estimate of drug-likeness (QED) is 0.731. The second-order valence-electron chi connectivity index (χ2n) is 4.34. The molecule has 0 amide bonds. The minimum absolute atomic E-state index is 0.0204. The Balaban J connectivity index is 2.83. The van der Waals surface area contributed by atoms with Crippen molar-refractivity contribution in [3.05, 3.63) is 16.1 Å². The summed E-state index contributed by atoms with van der Waals surface area (Å²) in [5, 5.41) is 3.21. The normalized spacial score (nSPS) is 12.4. The first kappa shape index (κ1) is 13.3. The van der Waals surface area contributed by atoms with E-state index in [9.17, 15) is 0 Å². The lowest BCUT2D eigenvalue weighted by Crippen LogP contribution is -2.34. The number of halogens is 2. The van der Waals surface area contributed by atoms with Crippen LogP contribution in [0.4, 0.5) is 0 Å². The number of aromatic nitrogens is 1. The van der Waals surface area contributed by atoms with Gasteiger partial charge in [-0.25, -0.2) is 4.98 Å². The molecule has 0 aliphatic rings. The van der Waals surface area contributed by atoms with Crippen LogP contribution in [0.15, 0.2) is 5.38 Å². The highest BCUT2D eigenvalue weighted by atomic mass is 35.5. The van der Waals surface area contributed by atoms with Crippen molar-refractivity contribution in [2.75, 3.05) is 11.8 Å². The Morgan fingerprint density at radius 3 is 2.33 bits per heavy atom. The van der Waals surface area contributed by atoms with Crippen molar-refractivity contribution in [2.24, 2.45) is 11.3 Å². The number of hydrogen-bond acceptors (Lipinski definition) is 2. The van der Waals surface area contributed by atoms with Crippen molar-refractivity contribution in [3.63, 3.8) is 0 Å². The topological polar surface area (TPSA) is 12.9 Å². The van der Waals surface area contributed by atoms with Crippen molar-refractivity contribution in [1.82, 2.24) is 4.98 Å². The van der Waals surface area contributed by atoms with E-state index in [-0.39, 0.29) is 5.41 Å². The zero-order valence-corrected chi connectivity index (χ0v) is 11.7. The van der Waals surface area contributed by atoms with E-state index in [0.717, 1.165) is 17.1 Å². The zero-order valence-electron chi connectivity index (χ0n) is 9.39. The van der Waals surface area contributed by atoms with Gasteiger partial charge in [-0.15, -0.1) is 34.5 Å². The molecule has 0 saturated carbocycles. The molecular weight excluding hydrogens is 249 g/mol. The molecule has 0 atom stereocenters. The summed E-state index contributed by atoms with van der Waals surface area (Å²) in [6, 6.07) is 0. The van der Waals surface area contributed by atoms with E-state index in [1.807, 2.05) is 6.92 Å². The van der Waals surface area contributed by atoms with Crippen LogP contribution >= 0.6 is 34.5 Å². The Hall–Kier alpha value is 0.210. The van der Waals surface area contributed by atoms with E-state index >= 15 is 0 Å². The molecule has 0 aliphatic carbocycles. The summed E-state index contributed by atoms with van der Waals surface area (Å²) in [7, 11) is 0. The zero-order chi connectivity index (χ0) is 11.5. The number of alkyl halides is 2. The number of rotatable bonds is 5. The molecule has 0 unspecified atom stereocenters. The standard InChI is InChI=1S/C11H17Cl2NS/c1-8(2)11(6-12,7-13)4-10-14-9(3)5-15-10/h5,8H,4,6-7H2,1-3H3. The van der Waals surface area contributed by atoms with Gasteiger partial charge in [0.05, 0.1) is 5.01 Å². The Morgan fingerprint density at radius 2 is 2.00 bits per heavy atom. The molecule has 0 spiro atoms. The van der Waals surface area contributed by atoms with Crippen molar-refractivity contribution in [2.45, 2.75) is 27.2 Å². The molecule has 1 rings (SSSR count). The molecule has 1 nitrogen and oxygen atoms in total. The third kappa shape index (κ3) is 3.08. The third-order valence-electron chi connectivity index (χ3n) is 2.93. The summed E-state index contributed by atoms with van der Waals surface area (Å²) >= 11 is 13.8. The van der Waals surface area contributed by atoms with Gasteiger partial charge in [0.25, 0.3) is 0 Å². The van der Waals surface area contributed by atoms with Crippen LogP contribution in [0.2, 0.25) is 0 Å². The van der Waals surface area contributed by atoms with E-state index in [2.05, 4.69) is 24.2 Å². The van der Waals surface area contributed by atoms with Gasteiger partial charge < -0.3 is 0 Å². The molecule has 0 saturated heterocycles. The largest absolute Gasteiger partial charge is 0.247 e. The molecule has 1 heterocycles. The number of aryl methyl sites for hydroxylation is 1. The molecule has 0 radical (unpaired) electrons. The minimum atomic E-state index is -0.0204. The molecule has 4 heteroatoms. The van der Waals surface area contributed by atoms with Crippen LogP contribution in [0.25, 0.3) is 0 Å². The summed E-state index contributed by atoms with van der Waals surface area (Å²) in [5.74, 6) is 1.65. The lowest BCUT2D eigenvalue weighted by atomic mass is 9.78. The van der Waals surface area contributed by atoms with Crippen LogP contribution in [-0.4, -0.2) is 16.7 Å². The Kier molecular flexibility index (Phi) is 4.88. The smallest absolute Gasteiger partial charge is 0.0934 e. The van der Waals surface area contributed by atoms with Gasteiger partial charge in [-0.05, 0) is 12.8 Å². The van der Waals surface area contributed by atoms with E-state index in [4.69, 9.17) is 23.2 Å². The van der Waals surface area contributed by atoms with Crippen LogP contribution < -0.4 is 0 Å². The highest BCUT2D eigenvalue weighted by Crippen LogP contribution is 2.35. The second-order valence-corrected chi connectivity index (χ2v) is 5.82. The predicted molar refractivity (Wildman–Crippen MR) is 69.3 cm³/mol. The highest BCUT2D eigenvalue weighted by Gasteiger charge is 2.33. The lowest BCUT2D eigenvalue weighted by molar-refractivity contribution is 0.258. The Bertz CT molecular complexity index is 305. The minimum Gasteiger partial charge on any atom is -0.247 e. The van der Waals surface area contributed by atoms with E-state index in [1.165, 1.54) is 0 Å². The predicted octanol–water partition coefficient (Wildman–Crippen LogP) is 4.11. The summed E-state index contributed by atoms with van der Waals surface area (Å²) in [6.45, 7) is 6.36. The lowest BCUT2D eigenvalue weighted by Gasteiger charge is -2.33. The molecule has 1 aromatic heterocycles. The fraction of sp³-hybridized carbons (Fsp3) is 0.727. The molecule has 86 valence electrons. The van der Waals surface area contributed by atoms with Gasteiger partial charge in [0, 0.05) is 34.7 Å². The summed E-state index contributed by atoms with van der Waals surface area (Å²) in [6.07, 6.45) is 0.885. The summed E-state index contributed by atoms with van der Waals surface area (Å²) in [5.41, 5.74) is 1.06. The van der Waals surface area contributed by atoms with Gasteiger partial charge in [-0.3, -0.25) is 0 Å². The van der Waals surface area contributed by atoms with Crippen molar-refractivity contribution >= 4 is 34.5 Å². The van der Waals surface area contributed by atoms with E-state index in [0.29, 0.717) is 17.7 Å². The summed E-state index contributed by atoms with van der Waals surface area (Å²) < 4.78 is 0. The molecule has 0 N–H and O–H groups in total. The van der Waals surface area contributed by atoms with Gasteiger partial charge in [0.15, 0.2) is 0 Å². The fourth-order valence-corrected chi connectivity index (χ4v) is 3.45. The molecule has 15 heavy (non-hydrogen) atoms. The maximum atomic E-state index is 6.07. The molecule has 0 aromatic carbocycles. The molecule has 0 aliphatic heterocycles. The molecular formula is C11H17Cl2NS. The van der Waals surface area contributed by atoms with Gasteiger partial charge >= 0.3 is 0 Å². The summed E-state index contributed by atoms with van der Waals surface area (Å²) in [4.78, 5) is 4.48. The maximum Gasteiger partial charge on any atom is 0.0934 e. The van der Waals surface area contributed by atoms with E-state index in [1.54, 1.807) is 11.3 Å². The van der Waals surface area contributed by atoms with Crippen molar-refractivity contribution in [1.29, 1.82) is 0 Å². The SMILES string of the molecule is Cc1csc(CC(CCl)(CCl)C(C)C)n1. The van der Waals surface area contributed by atoms with Gasteiger partial charge in [0.2, 0.25) is 0 Å². The molecule has 0 bridgehead atoms.